The van der Waals surface area contributed by atoms with Gasteiger partial charge in [0, 0.05) is 36.7 Å². The highest BCUT2D eigenvalue weighted by molar-refractivity contribution is 5.72. The Morgan fingerprint density at radius 2 is 1.78 bits per heavy atom. The Bertz CT molecular complexity index is 1420. The standard InChI is InChI=1S/C38H53FN4O3/c1-7-43-36(23-32(40-43)20-27-12-14-33(15-13-27)45-8-2)28-16-18-42(19-17-28)25-30-22-34(46-37(44)26-41(6)38(3,4)5)24-35(30)29-10-9-11-31(39)21-29/h9-15,21,23,28,30,34-35H,7-8,16-20,22,24-26H2,1-6H3/t30-,34+,35-/m1/s1. The highest BCUT2D eigenvalue weighted by Crippen LogP contribution is 2.42. The van der Waals surface area contributed by atoms with Gasteiger partial charge in [0.15, 0.2) is 0 Å². The van der Waals surface area contributed by atoms with Gasteiger partial charge >= 0.3 is 5.97 Å². The molecule has 2 aliphatic rings. The fourth-order valence-electron chi connectivity index (χ4n) is 7.15. The maximum Gasteiger partial charge on any atom is 0.320 e. The van der Waals surface area contributed by atoms with E-state index < -0.39 is 0 Å². The van der Waals surface area contributed by atoms with Gasteiger partial charge < -0.3 is 14.4 Å². The third-order valence-electron chi connectivity index (χ3n) is 10.0. The number of halogens is 1. The maximum atomic E-state index is 14.3. The minimum Gasteiger partial charge on any atom is -0.494 e. The van der Waals surface area contributed by atoms with E-state index in [1.165, 1.54) is 17.3 Å². The highest BCUT2D eigenvalue weighted by Gasteiger charge is 2.39. The normalized spacial score (nSPS) is 21.2. The molecule has 1 aliphatic heterocycles. The summed E-state index contributed by atoms with van der Waals surface area (Å²) in [5.41, 5.74) is 4.59. The number of likely N-dealkylation sites (N-methyl/N-ethyl adjacent to an activating group) is 1. The lowest BCUT2D eigenvalue weighted by Gasteiger charge is -2.35. The molecule has 1 saturated carbocycles. The van der Waals surface area contributed by atoms with Crippen LogP contribution < -0.4 is 4.74 Å². The van der Waals surface area contributed by atoms with Crippen molar-refractivity contribution in [3.8, 4) is 5.75 Å². The molecule has 2 fully saturated rings. The van der Waals surface area contributed by atoms with Crippen molar-refractivity contribution in [3.05, 3.63) is 82.9 Å². The first-order chi connectivity index (χ1) is 22.0. The zero-order valence-electron chi connectivity index (χ0n) is 28.7. The molecule has 1 aromatic heterocycles. The number of piperidine rings is 1. The summed E-state index contributed by atoms with van der Waals surface area (Å²) in [5.74, 6) is 1.46. The van der Waals surface area contributed by atoms with Crippen LogP contribution in [0.15, 0.2) is 54.6 Å². The topological polar surface area (TPSA) is 59.8 Å². The number of aromatic nitrogens is 2. The van der Waals surface area contributed by atoms with Gasteiger partial charge in [0.05, 0.1) is 18.8 Å². The van der Waals surface area contributed by atoms with Crippen LogP contribution in [0.2, 0.25) is 0 Å². The quantitative estimate of drug-likeness (QED) is 0.200. The summed E-state index contributed by atoms with van der Waals surface area (Å²) < 4.78 is 28.1. The average molecular weight is 633 g/mol. The predicted octanol–water partition coefficient (Wildman–Crippen LogP) is 7.05. The van der Waals surface area contributed by atoms with E-state index in [2.05, 4.69) is 55.5 Å². The van der Waals surface area contributed by atoms with Crippen LogP contribution in [0.4, 0.5) is 4.39 Å². The van der Waals surface area contributed by atoms with Gasteiger partial charge in [0.2, 0.25) is 0 Å². The Morgan fingerprint density at radius 1 is 1.04 bits per heavy atom. The van der Waals surface area contributed by atoms with Crippen LogP contribution >= 0.6 is 0 Å². The van der Waals surface area contributed by atoms with Gasteiger partial charge in [-0.3, -0.25) is 14.4 Å². The molecular formula is C38H53FN4O3. The van der Waals surface area contributed by atoms with E-state index in [-0.39, 0.29) is 35.9 Å². The number of rotatable bonds is 12. The number of aryl methyl sites for hydroxylation is 1. The monoisotopic (exact) mass is 632 g/mol. The molecule has 46 heavy (non-hydrogen) atoms. The molecule has 3 aromatic rings. The molecule has 3 atom stereocenters. The number of ether oxygens (including phenoxy) is 2. The second-order valence-corrected chi connectivity index (χ2v) is 14.2. The Labute approximate surface area is 275 Å². The first-order valence-electron chi connectivity index (χ1n) is 17.2. The minimum atomic E-state index is -0.209. The van der Waals surface area contributed by atoms with Gasteiger partial charge in [-0.05, 0) is 134 Å². The number of carbonyl (C=O) groups is 1. The summed E-state index contributed by atoms with van der Waals surface area (Å²) in [4.78, 5) is 17.5. The maximum absolute atomic E-state index is 14.3. The fourth-order valence-corrected chi connectivity index (χ4v) is 7.15. The van der Waals surface area contributed by atoms with Crippen LogP contribution in [0, 0.1) is 11.7 Å². The van der Waals surface area contributed by atoms with Gasteiger partial charge in [0.25, 0.3) is 0 Å². The second-order valence-electron chi connectivity index (χ2n) is 14.2. The molecule has 2 aromatic carbocycles. The van der Waals surface area contributed by atoms with Crippen LogP contribution in [0.1, 0.15) is 94.7 Å². The molecule has 250 valence electrons. The Balaban J connectivity index is 1.20. The Kier molecular flexibility index (Phi) is 11.2. The average Bonchev–Trinajstić information content (AvgIpc) is 3.61. The van der Waals surface area contributed by atoms with Crippen LogP contribution in [0.3, 0.4) is 0 Å². The Morgan fingerprint density at radius 3 is 2.43 bits per heavy atom. The van der Waals surface area contributed by atoms with E-state index in [4.69, 9.17) is 14.6 Å². The molecular weight excluding hydrogens is 579 g/mol. The van der Waals surface area contributed by atoms with Gasteiger partial charge in [0.1, 0.15) is 17.7 Å². The fraction of sp³-hybridized carbons (Fsp3) is 0.579. The first-order valence-corrected chi connectivity index (χ1v) is 17.2. The predicted molar refractivity (Wildman–Crippen MR) is 181 cm³/mol. The number of hydrogen-bond donors (Lipinski definition) is 0. The van der Waals surface area contributed by atoms with Crippen molar-refractivity contribution in [2.45, 2.75) is 96.7 Å². The van der Waals surface area contributed by atoms with Crippen molar-refractivity contribution < 1.29 is 18.7 Å². The molecule has 0 bridgehead atoms. The van der Waals surface area contributed by atoms with Crippen LogP contribution in [0.5, 0.6) is 5.75 Å². The van der Waals surface area contributed by atoms with Crippen LogP contribution in [-0.4, -0.2) is 77.0 Å². The lowest BCUT2D eigenvalue weighted by Crippen LogP contribution is -2.42. The largest absolute Gasteiger partial charge is 0.494 e. The van der Waals surface area contributed by atoms with Gasteiger partial charge in [-0.15, -0.1) is 0 Å². The molecule has 5 rings (SSSR count). The number of nitrogens with zero attached hydrogens (tertiary/aromatic N) is 4. The number of benzene rings is 2. The van der Waals surface area contributed by atoms with Crippen molar-refractivity contribution in [2.75, 3.05) is 39.8 Å². The zero-order chi connectivity index (χ0) is 32.8. The van der Waals surface area contributed by atoms with Crippen molar-refractivity contribution in [3.63, 3.8) is 0 Å². The molecule has 0 radical (unpaired) electrons. The van der Waals surface area contributed by atoms with Crippen molar-refractivity contribution in [1.29, 1.82) is 0 Å². The number of likely N-dealkylation sites (tertiary alicyclic amines) is 1. The number of carbonyl (C=O) groups excluding carboxylic acids is 1. The third kappa shape index (κ3) is 8.77. The molecule has 0 N–H and O–H groups in total. The van der Waals surface area contributed by atoms with Crippen LogP contribution in [0.25, 0.3) is 0 Å². The molecule has 1 saturated heterocycles. The summed E-state index contributed by atoms with van der Waals surface area (Å²) >= 11 is 0. The summed E-state index contributed by atoms with van der Waals surface area (Å²) in [6.45, 7) is 15.2. The van der Waals surface area contributed by atoms with Gasteiger partial charge in [-0.1, -0.05) is 24.3 Å². The van der Waals surface area contributed by atoms with Crippen LogP contribution in [-0.2, 0) is 22.5 Å². The van der Waals surface area contributed by atoms with E-state index in [0.717, 1.165) is 75.3 Å². The third-order valence-corrected chi connectivity index (χ3v) is 10.0. The van der Waals surface area contributed by atoms with Crippen molar-refractivity contribution in [1.82, 2.24) is 19.6 Å². The first kappa shape index (κ1) is 34.1. The van der Waals surface area contributed by atoms with E-state index in [1.54, 1.807) is 12.1 Å². The molecule has 0 spiro atoms. The molecule has 8 heteroatoms. The lowest BCUT2D eigenvalue weighted by atomic mass is 9.87. The summed E-state index contributed by atoms with van der Waals surface area (Å²) in [6, 6.07) is 17.6. The van der Waals surface area contributed by atoms with E-state index >= 15 is 0 Å². The molecule has 0 amide bonds. The molecule has 1 aliphatic carbocycles. The van der Waals surface area contributed by atoms with Crippen molar-refractivity contribution >= 4 is 5.97 Å². The van der Waals surface area contributed by atoms with E-state index in [1.807, 2.05) is 37.1 Å². The highest BCUT2D eigenvalue weighted by atomic mass is 19.1. The molecule has 7 nitrogen and oxygen atoms in total. The van der Waals surface area contributed by atoms with E-state index in [0.29, 0.717) is 18.4 Å². The minimum absolute atomic E-state index is 0.111. The summed E-state index contributed by atoms with van der Waals surface area (Å²) in [7, 11) is 1.95. The summed E-state index contributed by atoms with van der Waals surface area (Å²) in [6.07, 6.45) is 4.38. The lowest BCUT2D eigenvalue weighted by molar-refractivity contribution is -0.151. The van der Waals surface area contributed by atoms with Gasteiger partial charge in [-0.2, -0.15) is 5.10 Å². The second kappa shape index (κ2) is 15.1. The Hall–Kier alpha value is -3.23. The van der Waals surface area contributed by atoms with Gasteiger partial charge in [-0.25, -0.2) is 4.39 Å². The molecule has 2 heterocycles. The van der Waals surface area contributed by atoms with E-state index in [9.17, 15) is 9.18 Å². The zero-order valence-corrected chi connectivity index (χ0v) is 28.7. The summed E-state index contributed by atoms with van der Waals surface area (Å²) in [5, 5.41) is 4.97. The number of esters is 1. The SMILES string of the molecule is CCOc1ccc(Cc2cc(C3CCN(C[C@H]4C[C@H](OC(=O)CN(C)C(C)(C)C)C[C@@H]4c4cccc(F)c4)CC3)n(CC)n2)cc1. The van der Waals surface area contributed by atoms with Crippen molar-refractivity contribution in [2.24, 2.45) is 5.92 Å². The molecule has 0 unspecified atom stereocenters. The smallest absolute Gasteiger partial charge is 0.320 e. The number of hydrogen-bond acceptors (Lipinski definition) is 6.